The van der Waals surface area contributed by atoms with Crippen LogP contribution < -0.4 is 5.32 Å². The summed E-state index contributed by atoms with van der Waals surface area (Å²) in [5.74, 6) is 1.34. The molecule has 2 N–H and O–H groups in total. The maximum atomic E-state index is 12.1. The lowest BCUT2D eigenvalue weighted by Gasteiger charge is -2.36. The van der Waals surface area contributed by atoms with Crippen LogP contribution in [0.4, 0.5) is 4.79 Å². The smallest absolute Gasteiger partial charge is 0.317 e. The Morgan fingerprint density at radius 3 is 2.72 bits per heavy atom. The van der Waals surface area contributed by atoms with Crippen LogP contribution in [0.2, 0.25) is 0 Å². The molecule has 104 valence electrons. The van der Waals surface area contributed by atoms with Crippen LogP contribution >= 0.6 is 0 Å². The molecule has 0 aromatic heterocycles. The second kappa shape index (κ2) is 5.91. The third-order valence-electron chi connectivity index (χ3n) is 4.42. The number of hydrogen-bond acceptors (Lipinski definition) is 2. The maximum Gasteiger partial charge on any atom is 0.317 e. The molecule has 18 heavy (non-hydrogen) atoms. The van der Waals surface area contributed by atoms with Crippen molar-refractivity contribution in [3.05, 3.63) is 0 Å². The largest absolute Gasteiger partial charge is 0.391 e. The fourth-order valence-corrected chi connectivity index (χ4v) is 3.27. The molecule has 0 aromatic rings. The molecule has 4 heteroatoms. The highest BCUT2D eigenvalue weighted by Crippen LogP contribution is 2.28. The van der Waals surface area contributed by atoms with Crippen LogP contribution in [0.25, 0.3) is 0 Å². The summed E-state index contributed by atoms with van der Waals surface area (Å²) in [6.45, 7) is 5.78. The number of urea groups is 1. The SMILES string of the molecule is CC1CCC(NC(=O)N2CCCC(O)C2)C(C)C1. The first kappa shape index (κ1) is 13.7. The Morgan fingerprint density at radius 1 is 1.28 bits per heavy atom. The Bertz CT molecular complexity index is 296. The molecule has 2 amide bonds. The Balaban J connectivity index is 1.83. The van der Waals surface area contributed by atoms with Crippen LogP contribution in [0.1, 0.15) is 46.0 Å². The predicted octanol–water partition coefficient (Wildman–Crippen LogP) is 1.98. The van der Waals surface area contributed by atoms with Crippen LogP contribution in [0.3, 0.4) is 0 Å². The van der Waals surface area contributed by atoms with E-state index in [0.29, 0.717) is 18.5 Å². The third-order valence-corrected chi connectivity index (χ3v) is 4.42. The number of hydrogen-bond donors (Lipinski definition) is 2. The van der Waals surface area contributed by atoms with E-state index >= 15 is 0 Å². The summed E-state index contributed by atoms with van der Waals surface area (Å²) in [7, 11) is 0. The lowest BCUT2D eigenvalue weighted by atomic mass is 9.80. The number of amides is 2. The van der Waals surface area contributed by atoms with Crippen molar-refractivity contribution in [2.75, 3.05) is 13.1 Å². The molecule has 2 aliphatic rings. The van der Waals surface area contributed by atoms with Gasteiger partial charge in [-0.2, -0.15) is 0 Å². The fraction of sp³-hybridized carbons (Fsp3) is 0.929. The first-order chi connectivity index (χ1) is 8.56. The molecule has 1 aliphatic heterocycles. The quantitative estimate of drug-likeness (QED) is 0.752. The average molecular weight is 254 g/mol. The van der Waals surface area contributed by atoms with Gasteiger partial charge in [0, 0.05) is 19.1 Å². The summed E-state index contributed by atoms with van der Waals surface area (Å²) in [6, 6.07) is 0.327. The van der Waals surface area contributed by atoms with Gasteiger partial charge in [-0.1, -0.05) is 13.8 Å². The van der Waals surface area contributed by atoms with Gasteiger partial charge in [-0.3, -0.25) is 0 Å². The van der Waals surface area contributed by atoms with E-state index in [9.17, 15) is 9.90 Å². The van der Waals surface area contributed by atoms with Crippen molar-refractivity contribution < 1.29 is 9.90 Å². The van der Waals surface area contributed by atoms with Gasteiger partial charge in [0.15, 0.2) is 0 Å². The van der Waals surface area contributed by atoms with Gasteiger partial charge in [0.2, 0.25) is 0 Å². The van der Waals surface area contributed by atoms with Crippen molar-refractivity contribution in [1.82, 2.24) is 10.2 Å². The van der Waals surface area contributed by atoms with E-state index in [2.05, 4.69) is 19.2 Å². The number of piperidine rings is 1. The molecule has 4 unspecified atom stereocenters. The molecule has 2 fully saturated rings. The summed E-state index contributed by atoms with van der Waals surface area (Å²) in [5, 5.41) is 12.8. The molecule has 4 nitrogen and oxygen atoms in total. The lowest BCUT2D eigenvalue weighted by Crippen LogP contribution is -2.52. The Hall–Kier alpha value is -0.770. The number of nitrogens with one attached hydrogen (secondary N) is 1. The van der Waals surface area contributed by atoms with E-state index in [1.807, 2.05) is 0 Å². The first-order valence-electron chi connectivity index (χ1n) is 7.29. The third kappa shape index (κ3) is 3.37. The van der Waals surface area contributed by atoms with Crippen LogP contribution in [0.15, 0.2) is 0 Å². The van der Waals surface area contributed by atoms with Gasteiger partial charge in [-0.15, -0.1) is 0 Å². The maximum absolute atomic E-state index is 12.1. The van der Waals surface area contributed by atoms with Crippen molar-refractivity contribution in [1.29, 1.82) is 0 Å². The van der Waals surface area contributed by atoms with Crippen molar-refractivity contribution >= 4 is 6.03 Å². The Kier molecular flexibility index (Phi) is 4.49. The molecule has 0 aromatic carbocycles. The minimum atomic E-state index is -0.340. The Morgan fingerprint density at radius 2 is 2.06 bits per heavy atom. The summed E-state index contributed by atoms with van der Waals surface area (Å²) in [5.41, 5.74) is 0. The minimum absolute atomic E-state index is 0.0140. The zero-order valence-electron chi connectivity index (χ0n) is 11.6. The van der Waals surface area contributed by atoms with Crippen LogP contribution in [-0.2, 0) is 0 Å². The van der Waals surface area contributed by atoms with Crippen molar-refractivity contribution in [3.63, 3.8) is 0 Å². The van der Waals surface area contributed by atoms with Crippen LogP contribution in [0, 0.1) is 11.8 Å². The number of rotatable bonds is 1. The molecule has 4 atom stereocenters. The summed E-state index contributed by atoms with van der Waals surface area (Å²) in [4.78, 5) is 13.9. The molecular weight excluding hydrogens is 228 g/mol. The van der Waals surface area contributed by atoms with Crippen molar-refractivity contribution in [3.8, 4) is 0 Å². The molecule has 0 spiro atoms. The molecule has 0 radical (unpaired) electrons. The van der Waals surface area contributed by atoms with Crippen LogP contribution in [-0.4, -0.2) is 41.3 Å². The summed E-state index contributed by atoms with van der Waals surface area (Å²) in [6.07, 6.45) is 4.89. The number of likely N-dealkylation sites (tertiary alicyclic amines) is 1. The van der Waals surface area contributed by atoms with Crippen molar-refractivity contribution in [2.24, 2.45) is 11.8 Å². The molecule has 1 heterocycles. The normalized spacial score (nSPS) is 37.4. The molecule has 1 saturated heterocycles. The molecule has 1 saturated carbocycles. The highest BCUT2D eigenvalue weighted by atomic mass is 16.3. The molecule has 0 bridgehead atoms. The number of nitrogens with zero attached hydrogens (tertiary/aromatic N) is 1. The molecule has 1 aliphatic carbocycles. The standard InChI is InChI=1S/C14H26N2O2/c1-10-5-6-13(11(2)8-10)15-14(18)16-7-3-4-12(17)9-16/h10-13,17H,3-9H2,1-2H3,(H,15,18). The second-order valence-electron chi connectivity index (χ2n) is 6.19. The summed E-state index contributed by atoms with van der Waals surface area (Å²) < 4.78 is 0. The number of aliphatic hydroxyl groups is 1. The zero-order chi connectivity index (χ0) is 13.1. The molecule has 2 rings (SSSR count). The number of carbonyl (C=O) groups excluding carboxylic acids is 1. The predicted molar refractivity (Wildman–Crippen MR) is 71.3 cm³/mol. The zero-order valence-corrected chi connectivity index (χ0v) is 11.6. The number of aliphatic hydroxyl groups excluding tert-OH is 1. The van der Waals surface area contributed by atoms with E-state index in [4.69, 9.17) is 0 Å². The van der Waals surface area contributed by atoms with E-state index in [1.54, 1.807) is 4.90 Å². The van der Waals surface area contributed by atoms with Crippen molar-refractivity contribution in [2.45, 2.75) is 58.1 Å². The van der Waals surface area contributed by atoms with E-state index in [0.717, 1.165) is 31.7 Å². The first-order valence-corrected chi connectivity index (χ1v) is 7.29. The molecular formula is C14H26N2O2. The Labute approximate surface area is 110 Å². The highest BCUT2D eigenvalue weighted by Gasteiger charge is 2.29. The van der Waals surface area contributed by atoms with Gasteiger partial charge in [-0.25, -0.2) is 4.79 Å². The fourth-order valence-electron chi connectivity index (χ4n) is 3.27. The van der Waals surface area contributed by atoms with Gasteiger partial charge in [0.05, 0.1) is 6.10 Å². The highest BCUT2D eigenvalue weighted by molar-refractivity contribution is 5.74. The van der Waals surface area contributed by atoms with Gasteiger partial charge >= 0.3 is 6.03 Å². The van der Waals surface area contributed by atoms with Gasteiger partial charge in [-0.05, 0) is 43.9 Å². The number of carbonyl (C=O) groups is 1. The van der Waals surface area contributed by atoms with E-state index < -0.39 is 0 Å². The summed E-state index contributed by atoms with van der Waals surface area (Å²) >= 11 is 0. The van der Waals surface area contributed by atoms with Crippen LogP contribution in [0.5, 0.6) is 0 Å². The topological polar surface area (TPSA) is 52.6 Å². The minimum Gasteiger partial charge on any atom is -0.391 e. The van der Waals surface area contributed by atoms with Gasteiger partial charge in [0.25, 0.3) is 0 Å². The van der Waals surface area contributed by atoms with Gasteiger partial charge < -0.3 is 15.3 Å². The second-order valence-corrected chi connectivity index (χ2v) is 6.19. The lowest BCUT2D eigenvalue weighted by molar-refractivity contribution is 0.0811. The monoisotopic (exact) mass is 254 g/mol. The average Bonchev–Trinajstić information content (AvgIpc) is 2.32. The van der Waals surface area contributed by atoms with E-state index in [1.165, 1.54) is 12.8 Å². The van der Waals surface area contributed by atoms with E-state index in [-0.39, 0.29) is 12.1 Å². The van der Waals surface area contributed by atoms with Gasteiger partial charge in [0.1, 0.15) is 0 Å². The number of β-amino-alcohol motifs (C(OH)–C–C–N with tert-alkyl or cyclic N) is 1.